The smallest absolute Gasteiger partial charge is 0.310 e. The van der Waals surface area contributed by atoms with E-state index in [1.165, 1.54) is 22.0 Å². The van der Waals surface area contributed by atoms with Crippen LogP contribution in [0.25, 0.3) is 0 Å². The van der Waals surface area contributed by atoms with Gasteiger partial charge in [0.2, 0.25) is 0 Å². The highest BCUT2D eigenvalue weighted by atomic mass is 31.0. The van der Waals surface area contributed by atoms with E-state index in [-0.39, 0.29) is 6.10 Å². The molecule has 0 aromatic carbocycles. The molecule has 3 heteroatoms. The van der Waals surface area contributed by atoms with Crippen LogP contribution in [0, 0.1) is 17.8 Å². The molecule has 1 N–H and O–H groups in total. The van der Waals surface area contributed by atoms with E-state index in [0.29, 0.717) is 11.8 Å². The van der Waals surface area contributed by atoms with Crippen molar-refractivity contribution in [2.45, 2.75) is 46.1 Å². The van der Waals surface area contributed by atoms with Gasteiger partial charge in [0.05, 0.1) is 6.10 Å². The minimum Gasteiger partial charge on any atom is -0.393 e. The summed E-state index contributed by atoms with van der Waals surface area (Å²) < 4.78 is 8.17. The van der Waals surface area contributed by atoms with Crippen molar-refractivity contribution in [2.75, 3.05) is 0 Å². The van der Waals surface area contributed by atoms with E-state index in [0.717, 1.165) is 12.3 Å². The maximum Gasteiger partial charge on any atom is 0.310 e. The highest BCUT2D eigenvalue weighted by Crippen LogP contribution is 2.33. The van der Waals surface area contributed by atoms with Crippen molar-refractivity contribution in [1.29, 1.82) is 0 Å². The van der Waals surface area contributed by atoms with Crippen molar-refractivity contribution in [1.82, 2.24) is 0 Å². The fourth-order valence-corrected chi connectivity index (χ4v) is 2.15. The van der Waals surface area contributed by atoms with Gasteiger partial charge in [-0.25, -0.2) is 0 Å². The lowest BCUT2D eigenvalue weighted by atomic mass is 9.75. The molecular formula is C10H22O2P+. The molecule has 13 heavy (non-hydrogen) atoms. The molecular weight excluding hydrogens is 183 g/mol. The highest BCUT2D eigenvalue weighted by molar-refractivity contribution is 7.00. The molecule has 0 aliphatic heterocycles. The summed E-state index contributed by atoms with van der Waals surface area (Å²) >= 11 is 0. The lowest BCUT2D eigenvalue weighted by Crippen LogP contribution is -2.31. The molecule has 4 atom stereocenters. The summed E-state index contributed by atoms with van der Waals surface area (Å²) in [6.07, 6.45) is 3.52. The van der Waals surface area contributed by atoms with Crippen molar-refractivity contribution >= 4 is 9.12 Å². The van der Waals surface area contributed by atoms with Crippen LogP contribution >= 0.6 is 9.12 Å². The first kappa shape index (κ1) is 13.1. The first-order valence-corrected chi connectivity index (χ1v) is 5.50. The number of aliphatic hydroxyl groups is 1. The highest BCUT2D eigenvalue weighted by Gasteiger charge is 2.28. The lowest BCUT2D eigenvalue weighted by Gasteiger charge is -2.33. The normalized spacial score (nSPS) is 33.8. The van der Waals surface area contributed by atoms with Crippen LogP contribution in [-0.4, -0.2) is 11.2 Å². The molecule has 2 nitrogen and oxygen atoms in total. The van der Waals surface area contributed by atoms with Gasteiger partial charge >= 0.3 is 9.12 Å². The van der Waals surface area contributed by atoms with Gasteiger partial charge in [0.1, 0.15) is 0 Å². The van der Waals surface area contributed by atoms with Crippen LogP contribution in [0.1, 0.15) is 40.0 Å². The Morgan fingerprint density at radius 3 is 2.23 bits per heavy atom. The van der Waals surface area contributed by atoms with Gasteiger partial charge in [-0.2, -0.15) is 0 Å². The first-order valence-electron chi connectivity index (χ1n) is 5.03. The Morgan fingerprint density at radius 1 is 1.31 bits per heavy atom. The minimum atomic E-state index is -0.0289. The van der Waals surface area contributed by atoms with E-state index >= 15 is 0 Å². The Balaban J connectivity index is 0.000000671. The topological polar surface area (TPSA) is 37.3 Å². The molecule has 0 aromatic rings. The minimum absolute atomic E-state index is 0.0289. The fraction of sp³-hybridized carbons (Fsp3) is 1.00. The molecule has 0 radical (unpaired) electrons. The Morgan fingerprint density at radius 2 is 1.85 bits per heavy atom. The van der Waals surface area contributed by atoms with Crippen LogP contribution in [0.3, 0.4) is 0 Å². The lowest BCUT2D eigenvalue weighted by molar-refractivity contribution is 0.0266. The number of rotatable bonds is 1. The largest absolute Gasteiger partial charge is 0.393 e. The average Bonchev–Trinajstić information content (AvgIpc) is 2.07. The maximum absolute atomic E-state index is 9.71. The van der Waals surface area contributed by atoms with Gasteiger partial charge in [0.15, 0.2) is 0 Å². The second-order valence-corrected chi connectivity index (χ2v) is 4.39. The van der Waals surface area contributed by atoms with Gasteiger partial charge in [-0.3, -0.25) is 0 Å². The third kappa shape index (κ3) is 4.19. The Kier molecular flexibility index (Phi) is 6.53. The van der Waals surface area contributed by atoms with Gasteiger partial charge in [0, 0.05) is 0 Å². The van der Waals surface area contributed by atoms with Gasteiger partial charge < -0.3 is 5.11 Å². The predicted octanol–water partition coefficient (Wildman–Crippen LogP) is 2.65. The molecule has 0 aromatic heterocycles. The zero-order chi connectivity index (χ0) is 10.4. The summed E-state index contributed by atoms with van der Waals surface area (Å²) in [5, 5.41) is 9.71. The van der Waals surface area contributed by atoms with Crippen molar-refractivity contribution in [3.63, 3.8) is 0 Å². The summed E-state index contributed by atoms with van der Waals surface area (Å²) in [7, 11) is 1.17. The van der Waals surface area contributed by atoms with Crippen molar-refractivity contribution in [3.8, 4) is 0 Å². The third-order valence-corrected chi connectivity index (χ3v) is 2.99. The molecule has 0 heterocycles. The predicted molar refractivity (Wildman–Crippen MR) is 57.7 cm³/mol. The van der Waals surface area contributed by atoms with Crippen molar-refractivity contribution in [3.05, 3.63) is 0 Å². The number of hydrogen-bond acceptors (Lipinski definition) is 2. The monoisotopic (exact) mass is 205 g/mol. The number of hydrogen-bond donors (Lipinski definition) is 1. The average molecular weight is 205 g/mol. The van der Waals surface area contributed by atoms with E-state index < -0.39 is 0 Å². The molecule has 0 amide bonds. The van der Waals surface area contributed by atoms with Gasteiger partial charge in [0.25, 0.3) is 0 Å². The Hall–Kier alpha value is 0.0600. The van der Waals surface area contributed by atoms with Crippen LogP contribution in [0.15, 0.2) is 0 Å². The van der Waals surface area contributed by atoms with Crippen LogP contribution < -0.4 is 0 Å². The number of aliphatic hydroxyl groups excluding tert-OH is 1. The molecule has 4 unspecified atom stereocenters. The van der Waals surface area contributed by atoms with Crippen LogP contribution in [0.5, 0.6) is 0 Å². The van der Waals surface area contributed by atoms with Gasteiger partial charge in [-0.15, -0.1) is 0 Å². The molecule has 1 aliphatic carbocycles. The molecule has 78 valence electrons. The second-order valence-electron chi connectivity index (χ2n) is 4.39. The molecule has 1 aliphatic rings. The SMILES string of the molecule is CC1CCC(C(C)C)C(O)C1.O=[PH2+]. The zero-order valence-electron chi connectivity index (χ0n) is 8.86. The Bertz CT molecular complexity index is 139. The first-order chi connectivity index (χ1) is 6.11. The van der Waals surface area contributed by atoms with E-state index in [2.05, 4.69) is 20.8 Å². The maximum atomic E-state index is 9.71. The van der Waals surface area contributed by atoms with Crippen LogP contribution in [-0.2, 0) is 4.57 Å². The summed E-state index contributed by atoms with van der Waals surface area (Å²) in [4.78, 5) is 0. The van der Waals surface area contributed by atoms with Crippen LogP contribution in [0.4, 0.5) is 0 Å². The summed E-state index contributed by atoms with van der Waals surface area (Å²) in [6.45, 7) is 6.66. The van der Waals surface area contributed by atoms with E-state index in [4.69, 9.17) is 4.57 Å². The molecule has 0 bridgehead atoms. The van der Waals surface area contributed by atoms with E-state index in [9.17, 15) is 5.11 Å². The zero-order valence-corrected chi connectivity index (χ0v) is 10.0. The van der Waals surface area contributed by atoms with Crippen molar-refractivity contribution < 1.29 is 9.67 Å². The van der Waals surface area contributed by atoms with Crippen molar-refractivity contribution in [2.24, 2.45) is 17.8 Å². The summed E-state index contributed by atoms with van der Waals surface area (Å²) in [5.41, 5.74) is 0. The standard InChI is InChI=1S/C10H20O.H2OP/c1-7(2)9-5-4-8(3)6-10(9)11;1-2/h7-11H,4-6H2,1-3H3;2H2/q;+1. The van der Waals surface area contributed by atoms with Gasteiger partial charge in [-0.05, 0) is 30.6 Å². The molecule has 0 saturated heterocycles. The molecule has 1 saturated carbocycles. The fourth-order valence-electron chi connectivity index (χ4n) is 2.15. The quantitative estimate of drug-likeness (QED) is 0.668. The molecule has 1 rings (SSSR count). The second kappa shape index (κ2) is 6.50. The summed E-state index contributed by atoms with van der Waals surface area (Å²) in [5.74, 6) is 1.95. The third-order valence-electron chi connectivity index (χ3n) is 2.99. The van der Waals surface area contributed by atoms with Gasteiger partial charge in [-0.1, -0.05) is 31.8 Å². The molecule has 0 spiro atoms. The van der Waals surface area contributed by atoms with Crippen LogP contribution in [0.2, 0.25) is 0 Å². The van der Waals surface area contributed by atoms with E-state index in [1.807, 2.05) is 0 Å². The molecule has 1 fully saturated rings. The summed E-state index contributed by atoms with van der Waals surface area (Å²) in [6, 6.07) is 0. The Labute approximate surface area is 83.4 Å². The van der Waals surface area contributed by atoms with E-state index in [1.54, 1.807) is 0 Å².